The van der Waals surface area contributed by atoms with Crippen molar-refractivity contribution in [3.8, 4) is 5.75 Å². The van der Waals surface area contributed by atoms with Crippen LogP contribution in [0.25, 0.3) is 0 Å². The number of carbonyl (C=O) groups is 1. The third kappa shape index (κ3) is 2.80. The lowest BCUT2D eigenvalue weighted by Gasteiger charge is -2.23. The third-order valence-corrected chi connectivity index (χ3v) is 2.92. The van der Waals surface area contributed by atoms with E-state index in [0.29, 0.717) is 9.32 Å². The molecule has 1 aromatic carbocycles. The summed E-state index contributed by atoms with van der Waals surface area (Å²) in [5.41, 5.74) is 4.00. The average molecular weight is 323 g/mol. The van der Waals surface area contributed by atoms with Gasteiger partial charge in [-0.05, 0) is 48.6 Å². The highest BCUT2D eigenvalue weighted by atomic mass is 127. The van der Waals surface area contributed by atoms with Gasteiger partial charge in [0.1, 0.15) is 11.6 Å². The molecule has 0 saturated carbocycles. The number of carbonyl (C=O) groups excluding carboxylic acids is 1. The zero-order valence-electron chi connectivity index (χ0n) is 8.38. The molecule has 0 aliphatic heterocycles. The summed E-state index contributed by atoms with van der Waals surface area (Å²) in [6.07, 6.45) is 0. The predicted molar refractivity (Wildman–Crippen MR) is 63.0 cm³/mol. The van der Waals surface area contributed by atoms with Gasteiger partial charge >= 0.3 is 0 Å². The largest absolute Gasteiger partial charge is 0.477 e. The molecule has 0 radical (unpaired) electrons. The van der Waals surface area contributed by atoms with Crippen molar-refractivity contribution in [2.24, 2.45) is 5.73 Å². The molecule has 0 bridgehead atoms. The summed E-state index contributed by atoms with van der Waals surface area (Å²) >= 11 is 1.82. The molecule has 0 fully saturated rings. The lowest BCUT2D eigenvalue weighted by atomic mass is 10.1. The zero-order valence-corrected chi connectivity index (χ0v) is 10.5. The Morgan fingerprint density at radius 2 is 2.13 bits per heavy atom. The summed E-state index contributed by atoms with van der Waals surface area (Å²) in [7, 11) is 0. The summed E-state index contributed by atoms with van der Waals surface area (Å²) in [6.45, 7) is 3.08. The van der Waals surface area contributed by atoms with Gasteiger partial charge in [-0.1, -0.05) is 6.07 Å². The SMILES string of the molecule is CC(C)(Oc1cccc(F)c1I)C(N)=O. The fourth-order valence-corrected chi connectivity index (χ4v) is 1.36. The average Bonchev–Trinajstić information content (AvgIpc) is 2.12. The number of hydrogen-bond acceptors (Lipinski definition) is 2. The fourth-order valence-electron chi connectivity index (χ4n) is 0.888. The molecule has 3 nitrogen and oxygen atoms in total. The number of nitrogens with two attached hydrogens (primary N) is 1. The van der Waals surface area contributed by atoms with E-state index in [2.05, 4.69) is 0 Å². The molecule has 0 aliphatic carbocycles. The first-order valence-electron chi connectivity index (χ1n) is 4.27. The minimum Gasteiger partial charge on any atom is -0.477 e. The van der Waals surface area contributed by atoms with Crippen molar-refractivity contribution < 1.29 is 13.9 Å². The monoisotopic (exact) mass is 323 g/mol. The van der Waals surface area contributed by atoms with Crippen LogP contribution >= 0.6 is 22.6 Å². The lowest BCUT2D eigenvalue weighted by Crippen LogP contribution is -2.43. The first kappa shape index (κ1) is 12.2. The van der Waals surface area contributed by atoms with Gasteiger partial charge in [0.2, 0.25) is 0 Å². The van der Waals surface area contributed by atoms with Gasteiger partial charge in [0, 0.05) is 0 Å². The standard InChI is InChI=1S/C10H11FINO2/c1-10(2,9(13)14)15-7-5-3-4-6(11)8(7)12/h3-5H,1-2H3,(H2,13,14). The molecule has 0 atom stereocenters. The van der Waals surface area contributed by atoms with E-state index < -0.39 is 11.5 Å². The molecule has 1 amide bonds. The van der Waals surface area contributed by atoms with Gasteiger partial charge in [0.05, 0.1) is 3.57 Å². The Kier molecular flexibility index (Phi) is 3.54. The maximum atomic E-state index is 13.2. The van der Waals surface area contributed by atoms with Crippen molar-refractivity contribution in [2.45, 2.75) is 19.4 Å². The summed E-state index contributed by atoms with van der Waals surface area (Å²) in [5.74, 6) is -0.657. The van der Waals surface area contributed by atoms with Crippen LogP contribution in [0.3, 0.4) is 0 Å². The molecule has 0 aliphatic rings. The van der Waals surface area contributed by atoms with Gasteiger partial charge in [-0.15, -0.1) is 0 Å². The molecule has 82 valence electrons. The Morgan fingerprint density at radius 3 is 2.67 bits per heavy atom. The number of benzene rings is 1. The van der Waals surface area contributed by atoms with Crippen LogP contribution in [0.2, 0.25) is 0 Å². The van der Waals surface area contributed by atoms with Crippen LogP contribution in [0, 0.1) is 9.39 Å². The van der Waals surface area contributed by atoms with E-state index in [-0.39, 0.29) is 5.82 Å². The maximum absolute atomic E-state index is 13.2. The predicted octanol–water partition coefficient (Wildman–Crippen LogP) is 2.07. The van der Waals surface area contributed by atoms with E-state index in [9.17, 15) is 9.18 Å². The van der Waals surface area contributed by atoms with E-state index >= 15 is 0 Å². The molecule has 0 unspecified atom stereocenters. The second-order valence-corrected chi connectivity index (χ2v) is 4.61. The fraction of sp³-hybridized carbons (Fsp3) is 0.300. The molecule has 15 heavy (non-hydrogen) atoms. The molecule has 1 aromatic rings. The molecular weight excluding hydrogens is 312 g/mol. The van der Waals surface area contributed by atoms with Gasteiger partial charge in [0.15, 0.2) is 5.60 Å². The van der Waals surface area contributed by atoms with Gasteiger partial charge in [-0.25, -0.2) is 4.39 Å². The quantitative estimate of drug-likeness (QED) is 0.866. The van der Waals surface area contributed by atoms with Crippen LogP contribution < -0.4 is 10.5 Å². The van der Waals surface area contributed by atoms with Crippen LogP contribution in [-0.2, 0) is 4.79 Å². The number of primary amides is 1. The lowest BCUT2D eigenvalue weighted by molar-refractivity contribution is -0.130. The molecule has 0 aromatic heterocycles. The second-order valence-electron chi connectivity index (χ2n) is 3.53. The summed E-state index contributed by atoms with van der Waals surface area (Å²) in [6, 6.07) is 4.44. The first-order chi connectivity index (χ1) is 6.84. The van der Waals surface area contributed by atoms with Gasteiger partial charge in [0.25, 0.3) is 5.91 Å². The molecule has 1 rings (SSSR count). The number of amides is 1. The van der Waals surface area contributed by atoms with Crippen molar-refractivity contribution in [2.75, 3.05) is 0 Å². The smallest absolute Gasteiger partial charge is 0.261 e. The first-order valence-corrected chi connectivity index (χ1v) is 5.35. The van der Waals surface area contributed by atoms with E-state index in [1.165, 1.54) is 26.0 Å². The minimum absolute atomic E-state index is 0.319. The Hall–Kier alpha value is -0.850. The summed E-state index contributed by atoms with van der Waals surface area (Å²) in [4.78, 5) is 11.0. The molecule has 0 heterocycles. The number of halogens is 2. The Balaban J connectivity index is 3.00. The highest BCUT2D eigenvalue weighted by Crippen LogP contribution is 2.26. The van der Waals surface area contributed by atoms with Crippen LogP contribution in [0.4, 0.5) is 4.39 Å². The molecular formula is C10H11FINO2. The zero-order chi connectivity index (χ0) is 11.6. The van der Waals surface area contributed by atoms with E-state index in [1.807, 2.05) is 22.6 Å². The number of hydrogen-bond donors (Lipinski definition) is 1. The summed E-state index contributed by atoms with van der Waals surface area (Å²) in [5, 5.41) is 0. The Labute approximate surface area is 101 Å². The molecule has 5 heteroatoms. The summed E-state index contributed by atoms with van der Waals surface area (Å²) < 4.78 is 18.8. The molecule has 0 saturated heterocycles. The molecule has 2 N–H and O–H groups in total. The van der Waals surface area contributed by atoms with Gasteiger partial charge in [-0.2, -0.15) is 0 Å². The maximum Gasteiger partial charge on any atom is 0.261 e. The van der Waals surface area contributed by atoms with E-state index in [1.54, 1.807) is 6.07 Å². The number of rotatable bonds is 3. The van der Waals surface area contributed by atoms with Gasteiger partial charge in [-0.3, -0.25) is 4.79 Å². The van der Waals surface area contributed by atoms with Crippen LogP contribution in [0.15, 0.2) is 18.2 Å². The van der Waals surface area contributed by atoms with E-state index in [4.69, 9.17) is 10.5 Å². The second kappa shape index (κ2) is 4.34. The van der Waals surface area contributed by atoms with Crippen molar-refractivity contribution >= 4 is 28.5 Å². The molecule has 0 spiro atoms. The Morgan fingerprint density at radius 1 is 1.53 bits per heavy atom. The van der Waals surface area contributed by atoms with E-state index in [0.717, 1.165) is 0 Å². The third-order valence-electron chi connectivity index (χ3n) is 1.87. The topological polar surface area (TPSA) is 52.3 Å². The van der Waals surface area contributed by atoms with Crippen LogP contribution in [-0.4, -0.2) is 11.5 Å². The normalized spacial score (nSPS) is 11.2. The van der Waals surface area contributed by atoms with Crippen molar-refractivity contribution in [3.05, 3.63) is 27.6 Å². The highest BCUT2D eigenvalue weighted by molar-refractivity contribution is 14.1. The van der Waals surface area contributed by atoms with Crippen molar-refractivity contribution in [1.82, 2.24) is 0 Å². The van der Waals surface area contributed by atoms with Crippen LogP contribution in [0.1, 0.15) is 13.8 Å². The minimum atomic E-state index is -1.15. The van der Waals surface area contributed by atoms with Crippen molar-refractivity contribution in [1.29, 1.82) is 0 Å². The number of ether oxygens (including phenoxy) is 1. The Bertz CT molecular complexity index is 393. The van der Waals surface area contributed by atoms with Crippen LogP contribution in [0.5, 0.6) is 5.75 Å². The van der Waals surface area contributed by atoms with Crippen molar-refractivity contribution in [3.63, 3.8) is 0 Å². The van der Waals surface area contributed by atoms with Gasteiger partial charge < -0.3 is 10.5 Å². The highest BCUT2D eigenvalue weighted by Gasteiger charge is 2.28.